The number of terminal acetylenes is 1. The summed E-state index contributed by atoms with van der Waals surface area (Å²) in [6.45, 7) is 8.91. The average Bonchev–Trinajstić information content (AvgIpc) is 3.74. The molecule has 2 atom stereocenters. The maximum atomic E-state index is 12.9. The molecule has 1 aromatic heterocycles. The number of benzene rings is 2. The number of carbonyl (C=O) groups is 1. The molecule has 0 aliphatic carbocycles. The zero-order chi connectivity index (χ0) is 32.1. The molecule has 12 heteroatoms. The van der Waals surface area contributed by atoms with Crippen LogP contribution in [-0.4, -0.2) is 88.7 Å². The number of nitrogens with one attached hydrogen (secondary N) is 1. The van der Waals surface area contributed by atoms with E-state index in [1.54, 1.807) is 11.2 Å². The van der Waals surface area contributed by atoms with Crippen LogP contribution in [0.3, 0.4) is 0 Å². The molecular formula is C34H38N10O2. The Hall–Kier alpha value is -5.28. The molecule has 46 heavy (non-hydrogen) atoms. The molecule has 6 rings (SSSR count). The Bertz CT molecular complexity index is 1750. The van der Waals surface area contributed by atoms with Crippen LogP contribution in [0.2, 0.25) is 0 Å². The van der Waals surface area contributed by atoms with Crippen molar-refractivity contribution >= 4 is 11.9 Å². The van der Waals surface area contributed by atoms with Crippen molar-refractivity contribution < 1.29 is 9.53 Å². The summed E-state index contributed by atoms with van der Waals surface area (Å²) in [7, 11) is 0. The van der Waals surface area contributed by atoms with Crippen LogP contribution in [0.4, 0.5) is 10.6 Å². The molecule has 2 aromatic carbocycles. The zero-order valence-corrected chi connectivity index (χ0v) is 26.3. The molecule has 1 fully saturated rings. The van der Waals surface area contributed by atoms with Crippen molar-refractivity contribution in [1.82, 2.24) is 44.3 Å². The van der Waals surface area contributed by atoms with Crippen molar-refractivity contribution in [3.8, 4) is 23.9 Å². The Morgan fingerprint density at radius 1 is 0.957 bits per heavy atom. The van der Waals surface area contributed by atoms with Crippen molar-refractivity contribution in [1.29, 1.82) is 0 Å². The van der Waals surface area contributed by atoms with Gasteiger partial charge >= 0.3 is 6.09 Å². The molecule has 0 bridgehead atoms. The number of piperazine rings is 1. The first kappa shape index (κ1) is 30.7. The van der Waals surface area contributed by atoms with Crippen LogP contribution >= 0.6 is 0 Å². The highest BCUT2D eigenvalue weighted by Gasteiger charge is 2.36. The van der Waals surface area contributed by atoms with Crippen molar-refractivity contribution in [2.75, 3.05) is 38.0 Å². The molecule has 1 saturated heterocycles. The van der Waals surface area contributed by atoms with Crippen molar-refractivity contribution in [3.05, 3.63) is 96.3 Å². The lowest BCUT2D eigenvalue weighted by atomic mass is 9.91. The van der Waals surface area contributed by atoms with Gasteiger partial charge in [-0.2, -0.15) is 0 Å². The maximum absolute atomic E-state index is 12.9. The molecule has 0 saturated carbocycles. The van der Waals surface area contributed by atoms with E-state index < -0.39 is 5.60 Å². The summed E-state index contributed by atoms with van der Waals surface area (Å²) >= 11 is 0. The van der Waals surface area contributed by atoms with Gasteiger partial charge in [0.15, 0.2) is 17.3 Å². The lowest BCUT2D eigenvalue weighted by Crippen LogP contribution is -2.52. The molecule has 3 aliphatic heterocycles. The Morgan fingerprint density at radius 2 is 1.63 bits per heavy atom. The van der Waals surface area contributed by atoms with Crippen LogP contribution in [-0.2, 0) is 11.3 Å². The average molecular weight is 619 g/mol. The molecule has 3 aromatic rings. The molecule has 0 spiro atoms. The minimum absolute atomic E-state index is 0.0811. The Kier molecular flexibility index (Phi) is 8.94. The fraction of sp³-hybridized carbons (Fsp3) is 0.353. The number of hydrogen-bond acceptors (Lipinski definition) is 9. The highest BCUT2D eigenvalue weighted by atomic mass is 16.6. The van der Waals surface area contributed by atoms with Crippen LogP contribution in [0.5, 0.6) is 0 Å². The molecule has 4 heterocycles. The van der Waals surface area contributed by atoms with Crippen molar-refractivity contribution in [2.24, 2.45) is 0 Å². The van der Waals surface area contributed by atoms with E-state index in [0.717, 1.165) is 16.8 Å². The SMILES string of the molecule is C#CCNc1ncn(Cc2cn([C@H](c3ccccc3)[C@H](c3ccccc3)N3CCN(C(=O)OC(C)(C)C)CC3)nn2)c2ncnc1-2. The number of fused-ring (bicyclic) bond motifs is 1. The summed E-state index contributed by atoms with van der Waals surface area (Å²) in [5, 5.41) is 12.4. The first-order valence-electron chi connectivity index (χ1n) is 15.4. The normalized spacial score (nSPS) is 15.3. The van der Waals surface area contributed by atoms with Crippen LogP contribution in [0.15, 0.2) is 79.5 Å². The fourth-order valence-corrected chi connectivity index (χ4v) is 5.84. The number of hydrogen-bond donors (Lipinski definition) is 1. The molecular weight excluding hydrogens is 580 g/mol. The monoisotopic (exact) mass is 618 g/mol. The molecule has 1 amide bonds. The predicted molar refractivity (Wildman–Crippen MR) is 174 cm³/mol. The molecule has 236 valence electrons. The molecule has 0 radical (unpaired) electrons. The number of amides is 1. The minimum Gasteiger partial charge on any atom is -0.444 e. The number of ether oxygens (including phenoxy) is 1. The zero-order valence-electron chi connectivity index (χ0n) is 26.3. The number of anilines is 1. The van der Waals surface area contributed by atoms with Crippen LogP contribution in [0.1, 0.15) is 49.7 Å². The van der Waals surface area contributed by atoms with E-state index in [1.165, 1.54) is 6.33 Å². The largest absolute Gasteiger partial charge is 0.444 e. The second-order valence-corrected chi connectivity index (χ2v) is 12.2. The Morgan fingerprint density at radius 3 is 2.28 bits per heavy atom. The standard InChI is InChI=1S/C34H38N10O2/c1-5-16-35-31-28-32(37-23-36-28)43(24-38-31)21-27-22-44(40-39-27)30(26-14-10-7-11-15-26)29(25-12-8-6-9-13-25)41-17-19-42(20-18-41)33(45)46-34(2,3)4/h1,6-15,22-24,29-30,35H,16-21H2,2-4H3/t29-,30+/m0/s1. The lowest BCUT2D eigenvalue weighted by Gasteiger charge is -2.42. The summed E-state index contributed by atoms with van der Waals surface area (Å²) in [6.07, 6.45) is 10.4. The quantitative estimate of drug-likeness (QED) is 0.241. The lowest BCUT2D eigenvalue weighted by molar-refractivity contribution is 0.00756. The third kappa shape index (κ3) is 6.84. The van der Waals surface area contributed by atoms with Gasteiger partial charge in [-0.15, -0.1) is 11.5 Å². The highest BCUT2D eigenvalue weighted by Crippen LogP contribution is 2.38. The van der Waals surface area contributed by atoms with Gasteiger partial charge in [0, 0.05) is 26.2 Å². The van der Waals surface area contributed by atoms with E-state index in [9.17, 15) is 4.79 Å². The Labute approximate surface area is 268 Å². The van der Waals surface area contributed by atoms with E-state index in [4.69, 9.17) is 16.4 Å². The van der Waals surface area contributed by atoms with Gasteiger partial charge < -0.3 is 19.5 Å². The second kappa shape index (κ2) is 13.4. The summed E-state index contributed by atoms with van der Waals surface area (Å²) in [5.41, 5.74) is 3.11. The maximum Gasteiger partial charge on any atom is 0.410 e. The van der Waals surface area contributed by atoms with Gasteiger partial charge in [-0.05, 0) is 31.9 Å². The third-order valence-corrected chi connectivity index (χ3v) is 7.87. The smallest absolute Gasteiger partial charge is 0.410 e. The summed E-state index contributed by atoms with van der Waals surface area (Å²) < 4.78 is 9.51. The third-order valence-electron chi connectivity index (χ3n) is 7.87. The van der Waals surface area contributed by atoms with Crippen molar-refractivity contribution in [2.45, 2.75) is 45.0 Å². The summed E-state index contributed by atoms with van der Waals surface area (Å²) in [6, 6.07) is 20.5. The van der Waals surface area contributed by atoms with Gasteiger partial charge in [0.25, 0.3) is 0 Å². The number of imidazole rings is 1. The van der Waals surface area contributed by atoms with Gasteiger partial charge in [-0.3, -0.25) is 4.90 Å². The second-order valence-electron chi connectivity index (χ2n) is 12.2. The van der Waals surface area contributed by atoms with E-state index in [2.05, 4.69) is 72.6 Å². The van der Waals surface area contributed by atoms with Gasteiger partial charge in [0.2, 0.25) is 0 Å². The minimum atomic E-state index is -0.541. The number of nitrogens with zero attached hydrogens (tertiary/aromatic N) is 9. The van der Waals surface area contributed by atoms with Crippen molar-refractivity contribution in [3.63, 3.8) is 0 Å². The first-order valence-corrected chi connectivity index (χ1v) is 15.4. The van der Waals surface area contributed by atoms with E-state index >= 15 is 0 Å². The predicted octanol–water partition coefficient (Wildman–Crippen LogP) is 4.35. The van der Waals surface area contributed by atoms with Crippen LogP contribution < -0.4 is 5.32 Å². The van der Waals surface area contributed by atoms with Gasteiger partial charge in [0.1, 0.15) is 17.6 Å². The topological polar surface area (TPSA) is 119 Å². The van der Waals surface area contributed by atoms with E-state index in [-0.39, 0.29) is 18.2 Å². The number of rotatable bonds is 9. The molecule has 0 unspecified atom stereocenters. The first-order chi connectivity index (χ1) is 22.3. The summed E-state index contributed by atoms with van der Waals surface area (Å²) in [5.74, 6) is 3.82. The van der Waals surface area contributed by atoms with Crippen LogP contribution in [0, 0.1) is 12.3 Å². The molecule has 12 nitrogen and oxygen atoms in total. The van der Waals surface area contributed by atoms with Gasteiger partial charge in [-0.25, -0.2) is 24.4 Å². The fourth-order valence-electron chi connectivity index (χ4n) is 5.84. The number of aromatic nitrogens is 7. The highest BCUT2D eigenvalue weighted by molar-refractivity contribution is 5.68. The molecule has 3 aliphatic rings. The van der Waals surface area contributed by atoms with Gasteiger partial charge in [-0.1, -0.05) is 71.8 Å². The van der Waals surface area contributed by atoms with E-state index in [1.807, 2.05) is 60.5 Å². The van der Waals surface area contributed by atoms with E-state index in [0.29, 0.717) is 56.6 Å². The number of carbonyl (C=O) groups excluding carboxylic acids is 1. The molecule has 1 N–H and O–H groups in total. The summed E-state index contributed by atoms with van der Waals surface area (Å²) in [4.78, 5) is 30.4. The van der Waals surface area contributed by atoms with Crippen LogP contribution in [0.25, 0.3) is 11.5 Å². The Balaban J connectivity index is 1.31. The van der Waals surface area contributed by atoms with Gasteiger partial charge in [0.05, 0.1) is 37.7 Å².